The summed E-state index contributed by atoms with van der Waals surface area (Å²) in [5.74, 6) is 0.308. The lowest BCUT2D eigenvalue weighted by Crippen LogP contribution is -2.18. The third-order valence-electron chi connectivity index (χ3n) is 1.05. The molecule has 0 bridgehead atoms. The predicted octanol–water partition coefficient (Wildman–Crippen LogP) is -1.29. The second kappa shape index (κ2) is 7.26. The SMILES string of the molecule is CNCCS(=O)OCCOS(=O)(=O)O. The van der Waals surface area contributed by atoms with E-state index < -0.39 is 21.5 Å². The summed E-state index contributed by atoms with van der Waals surface area (Å²) in [6, 6.07) is 0. The molecule has 0 aromatic rings. The summed E-state index contributed by atoms with van der Waals surface area (Å²) in [5.41, 5.74) is 0. The van der Waals surface area contributed by atoms with Gasteiger partial charge in [0.1, 0.15) is 0 Å². The zero-order valence-corrected chi connectivity index (χ0v) is 9.27. The molecule has 0 aliphatic heterocycles. The zero-order valence-electron chi connectivity index (χ0n) is 7.63. The van der Waals surface area contributed by atoms with Crippen LogP contribution >= 0.6 is 0 Å². The Labute approximate surface area is 85.4 Å². The van der Waals surface area contributed by atoms with Gasteiger partial charge in [-0.1, -0.05) is 0 Å². The minimum absolute atomic E-state index is 0.157. The van der Waals surface area contributed by atoms with Gasteiger partial charge in [-0.25, -0.2) is 8.39 Å². The zero-order chi connectivity index (χ0) is 11.0. The molecule has 14 heavy (non-hydrogen) atoms. The van der Waals surface area contributed by atoms with Crippen LogP contribution in [-0.2, 0) is 29.8 Å². The van der Waals surface area contributed by atoms with Gasteiger partial charge < -0.3 is 5.32 Å². The fourth-order valence-electron chi connectivity index (χ4n) is 0.511. The smallest absolute Gasteiger partial charge is 0.319 e. The number of nitrogens with one attached hydrogen (secondary N) is 1. The van der Waals surface area contributed by atoms with Gasteiger partial charge in [-0.2, -0.15) is 8.42 Å². The molecule has 0 amide bonds. The van der Waals surface area contributed by atoms with E-state index in [1.54, 1.807) is 7.05 Å². The van der Waals surface area contributed by atoms with Crippen molar-refractivity contribution >= 4 is 21.5 Å². The van der Waals surface area contributed by atoms with Gasteiger partial charge in [0.15, 0.2) is 11.1 Å². The summed E-state index contributed by atoms with van der Waals surface area (Å²) in [5, 5.41) is 2.77. The van der Waals surface area contributed by atoms with Crippen molar-refractivity contribution < 1.29 is 25.5 Å². The highest BCUT2D eigenvalue weighted by Crippen LogP contribution is 1.89. The summed E-state index contributed by atoms with van der Waals surface area (Å²) in [4.78, 5) is 0. The third-order valence-corrected chi connectivity index (χ3v) is 2.48. The molecular formula is C5H13NO6S2. The molecule has 9 heteroatoms. The summed E-state index contributed by atoms with van der Waals surface area (Å²) < 4.78 is 47.7. The molecule has 0 saturated carbocycles. The maximum Gasteiger partial charge on any atom is 0.397 e. The van der Waals surface area contributed by atoms with Gasteiger partial charge in [0.05, 0.1) is 19.0 Å². The predicted molar refractivity (Wildman–Crippen MR) is 50.4 cm³/mol. The first-order valence-corrected chi connectivity index (χ1v) is 6.34. The molecule has 2 N–H and O–H groups in total. The van der Waals surface area contributed by atoms with Crippen LogP contribution in [0.1, 0.15) is 0 Å². The lowest BCUT2D eigenvalue weighted by molar-refractivity contribution is 0.212. The van der Waals surface area contributed by atoms with Gasteiger partial charge >= 0.3 is 10.4 Å². The minimum atomic E-state index is -4.43. The van der Waals surface area contributed by atoms with Crippen molar-refractivity contribution in [2.45, 2.75) is 0 Å². The Hall–Kier alpha value is -0.0600. The average molecular weight is 247 g/mol. The Kier molecular flexibility index (Phi) is 7.23. The maximum atomic E-state index is 10.9. The van der Waals surface area contributed by atoms with Crippen molar-refractivity contribution in [1.82, 2.24) is 5.32 Å². The van der Waals surface area contributed by atoms with E-state index in [-0.39, 0.29) is 13.2 Å². The van der Waals surface area contributed by atoms with Crippen molar-refractivity contribution in [2.24, 2.45) is 0 Å². The second-order valence-corrected chi connectivity index (χ2v) is 4.53. The standard InChI is InChI=1S/C5H13NO6S2/c1-6-2-5-13(7)11-3-4-12-14(8,9)10/h6H,2-5H2,1H3,(H,8,9,10). The molecule has 0 aromatic carbocycles. The normalized spacial score (nSPS) is 14.1. The molecule has 1 atom stereocenters. The molecule has 1 unspecified atom stereocenters. The molecule has 0 radical (unpaired) electrons. The van der Waals surface area contributed by atoms with Crippen molar-refractivity contribution in [2.75, 3.05) is 32.6 Å². The monoisotopic (exact) mass is 247 g/mol. The minimum Gasteiger partial charge on any atom is -0.319 e. The number of rotatable bonds is 8. The van der Waals surface area contributed by atoms with Crippen LogP contribution in [-0.4, -0.2) is 49.7 Å². The molecule has 0 heterocycles. The van der Waals surface area contributed by atoms with Crippen LogP contribution in [0.4, 0.5) is 0 Å². The summed E-state index contributed by atoms with van der Waals surface area (Å²) >= 11 is -1.47. The molecule has 86 valence electrons. The fourth-order valence-corrected chi connectivity index (χ4v) is 1.53. The van der Waals surface area contributed by atoms with E-state index in [1.165, 1.54) is 0 Å². The second-order valence-electron chi connectivity index (χ2n) is 2.18. The Balaban J connectivity index is 3.41. The van der Waals surface area contributed by atoms with Crippen molar-refractivity contribution in [3.05, 3.63) is 0 Å². The first-order chi connectivity index (χ1) is 6.45. The topological polar surface area (TPSA) is 102 Å². The quantitative estimate of drug-likeness (QED) is 0.406. The van der Waals surface area contributed by atoms with E-state index in [1.807, 2.05) is 0 Å². The Morgan fingerprint density at radius 2 is 2.07 bits per heavy atom. The van der Waals surface area contributed by atoms with Gasteiger partial charge in [0, 0.05) is 6.54 Å². The highest BCUT2D eigenvalue weighted by atomic mass is 32.3. The van der Waals surface area contributed by atoms with Crippen molar-refractivity contribution in [3.63, 3.8) is 0 Å². The van der Waals surface area contributed by atoms with E-state index in [0.29, 0.717) is 12.3 Å². The van der Waals surface area contributed by atoms with E-state index in [4.69, 9.17) is 4.55 Å². The van der Waals surface area contributed by atoms with Crippen molar-refractivity contribution in [1.29, 1.82) is 0 Å². The lowest BCUT2D eigenvalue weighted by Gasteiger charge is -2.02. The Morgan fingerprint density at radius 3 is 2.57 bits per heavy atom. The molecule has 0 aliphatic rings. The van der Waals surface area contributed by atoms with Crippen LogP contribution in [0.25, 0.3) is 0 Å². The largest absolute Gasteiger partial charge is 0.397 e. The number of hydrogen-bond donors (Lipinski definition) is 2. The maximum absolute atomic E-state index is 10.9. The van der Waals surface area contributed by atoms with Gasteiger partial charge in [0.2, 0.25) is 0 Å². The van der Waals surface area contributed by atoms with Crippen LogP contribution in [0.5, 0.6) is 0 Å². The molecule has 0 aromatic heterocycles. The van der Waals surface area contributed by atoms with Crippen molar-refractivity contribution in [3.8, 4) is 0 Å². The van der Waals surface area contributed by atoms with Gasteiger partial charge in [-0.15, -0.1) is 0 Å². The van der Waals surface area contributed by atoms with E-state index in [9.17, 15) is 12.6 Å². The molecule has 0 saturated heterocycles. The van der Waals surface area contributed by atoms with Crippen LogP contribution in [0.3, 0.4) is 0 Å². The van der Waals surface area contributed by atoms with E-state index >= 15 is 0 Å². The number of hydrogen-bond acceptors (Lipinski definition) is 6. The van der Waals surface area contributed by atoms with Gasteiger partial charge in [-0.05, 0) is 7.05 Å². The van der Waals surface area contributed by atoms with Crippen LogP contribution in [0, 0.1) is 0 Å². The van der Waals surface area contributed by atoms with E-state index in [0.717, 1.165) is 0 Å². The first-order valence-electron chi connectivity index (χ1n) is 3.74. The summed E-state index contributed by atoms with van der Waals surface area (Å²) in [6.45, 7) is 0.0199. The van der Waals surface area contributed by atoms with Crippen LogP contribution in [0.2, 0.25) is 0 Å². The molecule has 0 aliphatic carbocycles. The highest BCUT2D eigenvalue weighted by molar-refractivity contribution is 7.81. The fraction of sp³-hybridized carbons (Fsp3) is 1.00. The van der Waals surface area contributed by atoms with E-state index in [2.05, 4.69) is 13.7 Å². The molecule has 0 fully saturated rings. The first kappa shape index (κ1) is 13.9. The molecule has 0 spiro atoms. The summed E-state index contributed by atoms with van der Waals surface area (Å²) in [7, 11) is -2.72. The van der Waals surface area contributed by atoms with Gasteiger partial charge in [0.25, 0.3) is 0 Å². The Morgan fingerprint density at radius 1 is 1.43 bits per heavy atom. The van der Waals surface area contributed by atoms with Crippen LogP contribution in [0.15, 0.2) is 0 Å². The summed E-state index contributed by atoms with van der Waals surface area (Å²) in [6.07, 6.45) is 0. The average Bonchev–Trinajstić information content (AvgIpc) is 2.07. The Bertz CT molecular complexity index is 263. The van der Waals surface area contributed by atoms with Crippen LogP contribution < -0.4 is 5.32 Å². The van der Waals surface area contributed by atoms with Gasteiger partial charge in [-0.3, -0.25) is 8.74 Å². The lowest BCUT2D eigenvalue weighted by atomic mass is 10.8. The molecule has 7 nitrogen and oxygen atoms in total. The third kappa shape index (κ3) is 10.0. The molecular weight excluding hydrogens is 234 g/mol. The molecule has 0 rings (SSSR count). The highest BCUT2D eigenvalue weighted by Gasteiger charge is 2.04.